The molecule has 2 unspecified atom stereocenters. The molecule has 0 saturated carbocycles. The van der Waals surface area contributed by atoms with Gasteiger partial charge in [-0.25, -0.2) is 0 Å². The Labute approximate surface area is 92.5 Å². The van der Waals surface area contributed by atoms with Gasteiger partial charge < -0.3 is 5.11 Å². The first kappa shape index (κ1) is 12.5. The summed E-state index contributed by atoms with van der Waals surface area (Å²) in [5.41, 5.74) is -0.634. The summed E-state index contributed by atoms with van der Waals surface area (Å²) in [6.45, 7) is 9.78. The Bertz CT molecular complexity index is 238. The van der Waals surface area contributed by atoms with Crippen molar-refractivity contribution < 1.29 is 9.90 Å². The lowest BCUT2D eigenvalue weighted by Gasteiger charge is -2.40. The van der Waals surface area contributed by atoms with Crippen LogP contribution in [0.5, 0.6) is 0 Å². The Hall–Kier alpha value is -0.570. The molecule has 0 aromatic rings. The van der Waals surface area contributed by atoms with Crippen LogP contribution in [-0.2, 0) is 4.79 Å². The van der Waals surface area contributed by atoms with Gasteiger partial charge in [0.05, 0.1) is 5.41 Å². The van der Waals surface area contributed by atoms with Crippen LogP contribution in [0.3, 0.4) is 0 Å². The highest BCUT2D eigenvalue weighted by molar-refractivity contribution is 5.73. The minimum absolute atomic E-state index is 0.511. The van der Waals surface area contributed by atoms with Gasteiger partial charge in [0.15, 0.2) is 0 Å². The number of aliphatic carboxylic acids is 1. The van der Waals surface area contributed by atoms with Gasteiger partial charge in [0, 0.05) is 12.6 Å². The van der Waals surface area contributed by atoms with Gasteiger partial charge in [0.25, 0.3) is 0 Å². The SMILES string of the molecule is CC1CCCN(CC(C)(C)C(=O)O)C1C. The van der Waals surface area contributed by atoms with E-state index in [9.17, 15) is 4.79 Å². The van der Waals surface area contributed by atoms with E-state index >= 15 is 0 Å². The number of hydrogen-bond acceptors (Lipinski definition) is 2. The minimum atomic E-state index is -0.701. The zero-order chi connectivity index (χ0) is 11.6. The quantitative estimate of drug-likeness (QED) is 0.781. The van der Waals surface area contributed by atoms with Gasteiger partial charge in [0.1, 0.15) is 0 Å². The van der Waals surface area contributed by atoms with Gasteiger partial charge in [0.2, 0.25) is 0 Å². The summed E-state index contributed by atoms with van der Waals surface area (Å²) >= 11 is 0. The van der Waals surface area contributed by atoms with E-state index in [1.807, 2.05) is 0 Å². The van der Waals surface area contributed by atoms with E-state index in [1.165, 1.54) is 12.8 Å². The molecule has 1 heterocycles. The third-order valence-electron chi connectivity index (χ3n) is 3.68. The van der Waals surface area contributed by atoms with Crippen molar-refractivity contribution in [3.8, 4) is 0 Å². The van der Waals surface area contributed by atoms with Crippen molar-refractivity contribution >= 4 is 5.97 Å². The normalized spacial score (nSPS) is 29.1. The second kappa shape index (κ2) is 4.52. The first-order valence-corrected chi connectivity index (χ1v) is 5.82. The second-order valence-electron chi connectivity index (χ2n) is 5.52. The molecule has 1 aliphatic rings. The molecule has 0 aromatic heterocycles. The average Bonchev–Trinajstić information content (AvgIpc) is 2.12. The molecule has 3 heteroatoms. The number of carboxylic acids is 1. The van der Waals surface area contributed by atoms with Crippen molar-refractivity contribution in [3.63, 3.8) is 0 Å². The molecule has 0 bridgehead atoms. The molecule has 1 aliphatic heterocycles. The summed E-state index contributed by atoms with van der Waals surface area (Å²) in [5, 5.41) is 9.10. The van der Waals surface area contributed by atoms with Crippen LogP contribution < -0.4 is 0 Å². The van der Waals surface area contributed by atoms with Crippen LogP contribution in [0.4, 0.5) is 0 Å². The van der Waals surface area contributed by atoms with Crippen LogP contribution in [0.15, 0.2) is 0 Å². The lowest BCUT2D eigenvalue weighted by Crippen LogP contribution is -2.48. The lowest BCUT2D eigenvalue weighted by molar-refractivity contribution is -0.148. The van der Waals surface area contributed by atoms with Crippen LogP contribution in [-0.4, -0.2) is 35.1 Å². The number of carbonyl (C=O) groups is 1. The topological polar surface area (TPSA) is 40.5 Å². The average molecular weight is 213 g/mol. The fourth-order valence-electron chi connectivity index (χ4n) is 2.22. The number of carboxylic acid groups (broad SMARTS) is 1. The summed E-state index contributed by atoms with van der Waals surface area (Å²) in [5.74, 6) is -0.0173. The first-order valence-electron chi connectivity index (χ1n) is 5.82. The number of rotatable bonds is 3. The second-order valence-corrected chi connectivity index (χ2v) is 5.52. The standard InChI is InChI=1S/C12H23NO2/c1-9-6-5-7-13(10(9)2)8-12(3,4)11(14)15/h9-10H,5-8H2,1-4H3,(H,14,15). The van der Waals surface area contributed by atoms with Gasteiger partial charge in [-0.15, -0.1) is 0 Å². The van der Waals surface area contributed by atoms with E-state index in [1.54, 1.807) is 13.8 Å². The third-order valence-corrected chi connectivity index (χ3v) is 3.68. The zero-order valence-corrected chi connectivity index (χ0v) is 10.3. The molecular formula is C12H23NO2. The molecule has 88 valence electrons. The number of likely N-dealkylation sites (tertiary alicyclic amines) is 1. The summed E-state index contributed by atoms with van der Waals surface area (Å²) in [6.07, 6.45) is 2.46. The molecule has 2 atom stereocenters. The van der Waals surface area contributed by atoms with E-state index in [0.717, 1.165) is 6.54 Å². The maximum atomic E-state index is 11.1. The van der Waals surface area contributed by atoms with Gasteiger partial charge in [-0.3, -0.25) is 9.69 Å². The molecule has 0 radical (unpaired) electrons. The fourth-order valence-corrected chi connectivity index (χ4v) is 2.22. The van der Waals surface area contributed by atoms with Gasteiger partial charge >= 0.3 is 5.97 Å². The summed E-state index contributed by atoms with van der Waals surface area (Å²) < 4.78 is 0. The smallest absolute Gasteiger partial charge is 0.310 e. The van der Waals surface area contributed by atoms with Crippen LogP contribution >= 0.6 is 0 Å². The molecule has 1 saturated heterocycles. The molecule has 0 aliphatic carbocycles. The monoisotopic (exact) mass is 213 g/mol. The molecule has 3 nitrogen and oxygen atoms in total. The zero-order valence-electron chi connectivity index (χ0n) is 10.3. The molecule has 15 heavy (non-hydrogen) atoms. The van der Waals surface area contributed by atoms with Crippen LogP contribution in [0.1, 0.15) is 40.5 Å². The highest BCUT2D eigenvalue weighted by Gasteiger charge is 2.34. The Morgan fingerprint density at radius 1 is 1.47 bits per heavy atom. The molecule has 0 aromatic carbocycles. The van der Waals surface area contributed by atoms with Crippen molar-refractivity contribution in [2.75, 3.05) is 13.1 Å². The fraction of sp³-hybridized carbons (Fsp3) is 0.917. The Kier molecular flexibility index (Phi) is 3.77. The third kappa shape index (κ3) is 2.94. The van der Waals surface area contributed by atoms with Crippen molar-refractivity contribution in [3.05, 3.63) is 0 Å². The first-order chi connectivity index (χ1) is 6.84. The highest BCUT2D eigenvalue weighted by Crippen LogP contribution is 2.27. The minimum Gasteiger partial charge on any atom is -0.481 e. The van der Waals surface area contributed by atoms with Crippen LogP contribution in [0.2, 0.25) is 0 Å². The van der Waals surface area contributed by atoms with E-state index in [4.69, 9.17) is 5.11 Å². The maximum absolute atomic E-state index is 11.1. The Morgan fingerprint density at radius 2 is 2.07 bits per heavy atom. The van der Waals surface area contributed by atoms with Crippen molar-refractivity contribution in [2.24, 2.45) is 11.3 Å². The molecule has 1 rings (SSSR count). The van der Waals surface area contributed by atoms with Gasteiger partial charge in [-0.2, -0.15) is 0 Å². The van der Waals surface area contributed by atoms with Crippen molar-refractivity contribution in [1.82, 2.24) is 4.90 Å². The van der Waals surface area contributed by atoms with E-state index in [0.29, 0.717) is 18.5 Å². The summed E-state index contributed by atoms with van der Waals surface area (Å²) in [4.78, 5) is 13.4. The van der Waals surface area contributed by atoms with E-state index < -0.39 is 11.4 Å². The summed E-state index contributed by atoms with van der Waals surface area (Å²) in [7, 11) is 0. The van der Waals surface area contributed by atoms with Gasteiger partial charge in [-0.05, 0) is 46.1 Å². The van der Waals surface area contributed by atoms with Crippen molar-refractivity contribution in [2.45, 2.75) is 46.6 Å². The molecule has 0 amide bonds. The number of nitrogens with zero attached hydrogens (tertiary/aromatic N) is 1. The lowest BCUT2D eigenvalue weighted by atomic mass is 9.87. The summed E-state index contributed by atoms with van der Waals surface area (Å²) in [6, 6.07) is 0.511. The van der Waals surface area contributed by atoms with E-state index in [-0.39, 0.29) is 0 Å². The number of piperidine rings is 1. The highest BCUT2D eigenvalue weighted by atomic mass is 16.4. The molecular weight excluding hydrogens is 190 g/mol. The van der Waals surface area contributed by atoms with E-state index in [2.05, 4.69) is 18.7 Å². The molecule has 1 fully saturated rings. The van der Waals surface area contributed by atoms with Crippen LogP contribution in [0.25, 0.3) is 0 Å². The van der Waals surface area contributed by atoms with Gasteiger partial charge in [-0.1, -0.05) is 6.92 Å². The number of hydrogen-bond donors (Lipinski definition) is 1. The van der Waals surface area contributed by atoms with Crippen molar-refractivity contribution in [1.29, 1.82) is 0 Å². The molecule has 1 N–H and O–H groups in total. The predicted molar refractivity (Wildman–Crippen MR) is 60.8 cm³/mol. The molecule has 0 spiro atoms. The largest absolute Gasteiger partial charge is 0.481 e. The van der Waals surface area contributed by atoms with Crippen LogP contribution in [0, 0.1) is 11.3 Å². The Morgan fingerprint density at radius 3 is 2.60 bits per heavy atom. The Balaban J connectivity index is 2.61. The predicted octanol–water partition coefficient (Wildman–Crippen LogP) is 2.22. The maximum Gasteiger partial charge on any atom is 0.310 e.